The summed E-state index contributed by atoms with van der Waals surface area (Å²) in [6, 6.07) is 12.7. The number of para-hydroxylation sites is 1. The van der Waals surface area contributed by atoms with E-state index in [0.717, 1.165) is 41.9 Å². The van der Waals surface area contributed by atoms with Gasteiger partial charge in [0.2, 0.25) is 0 Å². The van der Waals surface area contributed by atoms with Gasteiger partial charge in [0.25, 0.3) is 5.91 Å². The van der Waals surface area contributed by atoms with Crippen LogP contribution in [-0.4, -0.2) is 46.7 Å². The lowest BCUT2D eigenvalue weighted by molar-refractivity contribution is -0.124. The average molecular weight is 466 g/mol. The number of nitrogens with one attached hydrogen (secondary N) is 2. The number of likely N-dealkylation sites (tertiary alicyclic amines) is 1. The standard InChI is InChI=1S/C26H28FN3O4/c1-2-34-26(32)25-24(20-7-3-4-8-22(20)28-25)19-6-5-13-30(16-19)15-18-11-9-17(14-21(18)27)10-12-23(31)29-33/h3-4,7-12,14,19,28,33H,2,5-6,13,15-16H2,1H3,(H,29,31). The molecule has 2 heterocycles. The molecule has 4 rings (SSSR count). The molecule has 1 saturated heterocycles. The molecule has 1 unspecified atom stereocenters. The smallest absolute Gasteiger partial charge is 0.355 e. The number of carbonyl (C=O) groups excluding carboxylic acids is 2. The Kier molecular flexibility index (Phi) is 7.40. The van der Waals surface area contributed by atoms with Crippen molar-refractivity contribution < 1.29 is 23.9 Å². The van der Waals surface area contributed by atoms with Gasteiger partial charge in [0.1, 0.15) is 11.5 Å². The first kappa shape index (κ1) is 23.7. The first-order valence-corrected chi connectivity index (χ1v) is 11.4. The van der Waals surface area contributed by atoms with E-state index in [-0.39, 0.29) is 17.7 Å². The minimum absolute atomic E-state index is 0.117. The Morgan fingerprint density at radius 2 is 2.12 bits per heavy atom. The number of halogens is 1. The van der Waals surface area contributed by atoms with Crippen LogP contribution in [0.25, 0.3) is 17.0 Å². The molecule has 1 atom stereocenters. The number of hydrogen-bond acceptors (Lipinski definition) is 5. The molecule has 1 fully saturated rings. The minimum Gasteiger partial charge on any atom is -0.461 e. The van der Waals surface area contributed by atoms with Crippen molar-refractivity contribution in [1.29, 1.82) is 0 Å². The summed E-state index contributed by atoms with van der Waals surface area (Å²) in [6.45, 7) is 4.08. The van der Waals surface area contributed by atoms with Gasteiger partial charge in [0.15, 0.2) is 0 Å². The maximum absolute atomic E-state index is 14.8. The fourth-order valence-electron chi connectivity index (χ4n) is 4.63. The van der Waals surface area contributed by atoms with Crippen LogP contribution in [0.15, 0.2) is 48.5 Å². The van der Waals surface area contributed by atoms with Crippen LogP contribution >= 0.6 is 0 Å². The fourth-order valence-corrected chi connectivity index (χ4v) is 4.63. The molecule has 1 aromatic heterocycles. The van der Waals surface area contributed by atoms with Gasteiger partial charge in [0.05, 0.1) is 6.61 Å². The van der Waals surface area contributed by atoms with Crippen LogP contribution in [0.5, 0.6) is 0 Å². The molecule has 1 aliphatic heterocycles. The molecule has 178 valence electrons. The Bertz CT molecular complexity index is 1220. The predicted octanol–water partition coefficient (Wildman–Crippen LogP) is 4.38. The van der Waals surface area contributed by atoms with Crippen LogP contribution in [0.1, 0.15) is 52.9 Å². The molecule has 0 aliphatic carbocycles. The number of aromatic nitrogens is 1. The normalized spacial score (nSPS) is 16.7. The van der Waals surface area contributed by atoms with Crippen LogP contribution in [0.2, 0.25) is 0 Å². The number of rotatable bonds is 7. The molecule has 7 nitrogen and oxygen atoms in total. The second kappa shape index (κ2) is 10.6. The number of benzene rings is 2. The number of hydrogen-bond donors (Lipinski definition) is 3. The number of amides is 1. The summed E-state index contributed by atoms with van der Waals surface area (Å²) < 4.78 is 20.1. The van der Waals surface area contributed by atoms with E-state index in [2.05, 4.69) is 9.88 Å². The molecular formula is C26H28FN3O4. The van der Waals surface area contributed by atoms with Crippen LogP contribution < -0.4 is 5.48 Å². The number of H-pyrrole nitrogens is 1. The zero-order chi connectivity index (χ0) is 24.1. The van der Waals surface area contributed by atoms with E-state index < -0.39 is 5.91 Å². The maximum Gasteiger partial charge on any atom is 0.355 e. The lowest BCUT2D eigenvalue weighted by Gasteiger charge is -2.33. The SMILES string of the molecule is CCOC(=O)c1[nH]c2ccccc2c1C1CCCN(Cc2ccc(C=CC(=O)NO)cc2F)C1. The Labute approximate surface area is 197 Å². The summed E-state index contributed by atoms with van der Waals surface area (Å²) in [4.78, 5) is 29.3. The van der Waals surface area contributed by atoms with E-state index in [0.29, 0.717) is 36.5 Å². The highest BCUT2D eigenvalue weighted by Gasteiger charge is 2.29. The van der Waals surface area contributed by atoms with Gasteiger partial charge in [-0.3, -0.25) is 14.9 Å². The van der Waals surface area contributed by atoms with E-state index in [1.807, 2.05) is 24.3 Å². The third-order valence-electron chi connectivity index (χ3n) is 6.15. The summed E-state index contributed by atoms with van der Waals surface area (Å²) in [7, 11) is 0. The Hall–Kier alpha value is -3.49. The highest BCUT2D eigenvalue weighted by Crippen LogP contribution is 2.36. The van der Waals surface area contributed by atoms with E-state index in [4.69, 9.17) is 9.94 Å². The highest BCUT2D eigenvalue weighted by atomic mass is 19.1. The van der Waals surface area contributed by atoms with Crippen molar-refractivity contribution in [2.24, 2.45) is 0 Å². The molecule has 34 heavy (non-hydrogen) atoms. The summed E-state index contributed by atoms with van der Waals surface area (Å²) in [6.07, 6.45) is 4.43. The number of nitrogens with zero attached hydrogens (tertiary/aromatic N) is 1. The molecule has 1 aliphatic rings. The van der Waals surface area contributed by atoms with Crippen LogP contribution in [0, 0.1) is 5.82 Å². The Balaban J connectivity index is 1.54. The molecule has 2 aromatic carbocycles. The zero-order valence-corrected chi connectivity index (χ0v) is 19.0. The Morgan fingerprint density at radius 3 is 2.88 bits per heavy atom. The van der Waals surface area contributed by atoms with Gasteiger partial charge in [-0.15, -0.1) is 0 Å². The van der Waals surface area contributed by atoms with Crippen molar-refractivity contribution in [3.05, 3.63) is 76.7 Å². The third kappa shape index (κ3) is 5.18. The van der Waals surface area contributed by atoms with Gasteiger partial charge in [0, 0.05) is 35.6 Å². The number of hydroxylamine groups is 1. The molecule has 8 heteroatoms. The van der Waals surface area contributed by atoms with Crippen molar-refractivity contribution in [3.8, 4) is 0 Å². The van der Waals surface area contributed by atoms with E-state index >= 15 is 0 Å². The minimum atomic E-state index is -0.677. The topological polar surface area (TPSA) is 94.7 Å². The lowest BCUT2D eigenvalue weighted by atomic mass is 9.88. The van der Waals surface area contributed by atoms with Crippen LogP contribution in [-0.2, 0) is 16.1 Å². The van der Waals surface area contributed by atoms with Gasteiger partial charge < -0.3 is 9.72 Å². The van der Waals surface area contributed by atoms with Crippen LogP contribution in [0.4, 0.5) is 4.39 Å². The number of carbonyl (C=O) groups is 2. The molecule has 0 radical (unpaired) electrons. The number of esters is 1. The highest BCUT2D eigenvalue weighted by molar-refractivity contribution is 5.98. The molecule has 3 aromatic rings. The van der Waals surface area contributed by atoms with Crippen molar-refractivity contribution >= 4 is 28.9 Å². The quantitative estimate of drug-likeness (QED) is 0.208. The van der Waals surface area contributed by atoms with Gasteiger partial charge in [-0.25, -0.2) is 14.7 Å². The second-order valence-electron chi connectivity index (χ2n) is 8.41. The number of piperidine rings is 1. The Morgan fingerprint density at radius 1 is 1.29 bits per heavy atom. The number of ether oxygens (including phenoxy) is 1. The van der Waals surface area contributed by atoms with Gasteiger partial charge in [-0.05, 0) is 61.6 Å². The average Bonchev–Trinajstić information content (AvgIpc) is 3.24. The number of aromatic amines is 1. The van der Waals surface area contributed by atoms with Gasteiger partial charge in [-0.2, -0.15) is 0 Å². The predicted molar refractivity (Wildman–Crippen MR) is 127 cm³/mol. The van der Waals surface area contributed by atoms with Crippen molar-refractivity contribution in [3.63, 3.8) is 0 Å². The van der Waals surface area contributed by atoms with E-state index in [1.54, 1.807) is 19.1 Å². The largest absolute Gasteiger partial charge is 0.461 e. The van der Waals surface area contributed by atoms with Crippen LogP contribution in [0.3, 0.4) is 0 Å². The molecule has 0 bridgehead atoms. The van der Waals surface area contributed by atoms with Crippen molar-refractivity contribution in [2.45, 2.75) is 32.2 Å². The third-order valence-corrected chi connectivity index (χ3v) is 6.15. The zero-order valence-electron chi connectivity index (χ0n) is 19.0. The summed E-state index contributed by atoms with van der Waals surface area (Å²) in [5, 5.41) is 9.58. The van der Waals surface area contributed by atoms with Crippen molar-refractivity contribution in [2.75, 3.05) is 19.7 Å². The van der Waals surface area contributed by atoms with Gasteiger partial charge >= 0.3 is 5.97 Å². The van der Waals surface area contributed by atoms with Gasteiger partial charge in [-0.1, -0.05) is 30.3 Å². The summed E-state index contributed by atoms with van der Waals surface area (Å²) in [5.74, 6) is -1.27. The van der Waals surface area contributed by atoms with E-state index in [1.165, 1.54) is 17.6 Å². The van der Waals surface area contributed by atoms with E-state index in [9.17, 15) is 14.0 Å². The monoisotopic (exact) mass is 465 g/mol. The second-order valence-corrected chi connectivity index (χ2v) is 8.41. The summed E-state index contributed by atoms with van der Waals surface area (Å²) in [5.41, 5.74) is 4.98. The first-order valence-electron chi connectivity index (χ1n) is 11.4. The molecule has 3 N–H and O–H groups in total. The molecule has 0 spiro atoms. The van der Waals surface area contributed by atoms with Crippen molar-refractivity contribution in [1.82, 2.24) is 15.4 Å². The fraction of sp³-hybridized carbons (Fsp3) is 0.308. The molecular weight excluding hydrogens is 437 g/mol. The first-order chi connectivity index (χ1) is 16.5. The maximum atomic E-state index is 14.8. The lowest BCUT2D eigenvalue weighted by Crippen LogP contribution is -2.34. The number of fused-ring (bicyclic) bond motifs is 1. The molecule has 1 amide bonds. The summed E-state index contributed by atoms with van der Waals surface area (Å²) >= 11 is 0. The molecule has 0 saturated carbocycles.